The number of amides is 1. The van der Waals surface area contributed by atoms with Gasteiger partial charge in [-0.05, 0) is 330 Å². The second-order valence-corrected chi connectivity index (χ2v) is 63.5. The Morgan fingerprint density at radius 2 is 0.810 bits per heavy atom. The van der Waals surface area contributed by atoms with Gasteiger partial charge in [-0.2, -0.15) is 75.2 Å². The molecule has 0 radical (unpaired) electrons. The van der Waals surface area contributed by atoms with Crippen LogP contribution < -0.4 is 0 Å². The normalized spacial score (nSPS) is 28.5. The molecule has 0 aromatic heterocycles. The Balaban J connectivity index is -0.00000154. The fraction of sp³-hybridized carbons (Fsp3) is 0.916. The van der Waals surface area contributed by atoms with Crippen LogP contribution in [0, 0.1) is 203 Å². The van der Waals surface area contributed by atoms with E-state index in [2.05, 4.69) is 467 Å². The van der Waals surface area contributed by atoms with Gasteiger partial charge in [0.05, 0.1) is 6.61 Å². The molecule has 12 heterocycles. The summed E-state index contributed by atoms with van der Waals surface area (Å²) in [7, 11) is 0. The second-order valence-electron chi connectivity index (χ2n) is 63.5. The molecule has 12 saturated heterocycles. The Bertz CT molecular complexity index is 3370. The molecule has 16 heteroatoms. The summed E-state index contributed by atoms with van der Waals surface area (Å²) in [5.74, 6) is 11.8. The van der Waals surface area contributed by atoms with Crippen LogP contribution in [-0.4, -0.2) is 242 Å². The Labute approximate surface area is 995 Å². The minimum absolute atomic E-state index is 0. The molecule has 12 aliphatic heterocycles. The number of ether oxygens (including phenoxy) is 1. The predicted octanol–water partition coefficient (Wildman–Crippen LogP) is 35.3. The molecule has 0 spiro atoms. The fourth-order valence-electron chi connectivity index (χ4n) is 23.0. The first-order valence-corrected chi connectivity index (χ1v) is 59.6. The average Bonchev–Trinajstić information content (AvgIpc) is 1.42. The Kier molecular flexibility index (Phi) is 69.2. The smallest absolute Gasteiger partial charge is 0.662 e. The summed E-state index contributed by atoms with van der Waals surface area (Å²) in [4.78, 5) is 34.9. The summed E-state index contributed by atoms with van der Waals surface area (Å²) in [6, 6.07) is 4.57. The molecule has 3 saturated carbocycles. The van der Waals surface area contributed by atoms with Gasteiger partial charge in [-0.3, -0.25) is 39.2 Å². The molecule has 18 rings (SSSR count). The third-order valence-corrected chi connectivity index (χ3v) is 30.6. The monoisotopic (exact) mass is 2730 g/mol. The van der Waals surface area contributed by atoms with Gasteiger partial charge in [-0.25, -0.2) is 4.79 Å². The van der Waals surface area contributed by atoms with Crippen LogP contribution in [0.5, 0.6) is 0 Å². The molecule has 0 aromatic rings. The molecule has 15 atom stereocenters. The largest absolute Gasteiger partial charge is 2.00 e. The van der Waals surface area contributed by atoms with Crippen molar-refractivity contribution in [3.8, 4) is 0 Å². The van der Waals surface area contributed by atoms with Crippen molar-refractivity contribution in [2.45, 2.75) is 584 Å². The Morgan fingerprint density at radius 3 is 1.07 bits per heavy atom. The van der Waals surface area contributed by atoms with Gasteiger partial charge in [-0.15, -0.1) is 31.8 Å². The summed E-state index contributed by atoms with van der Waals surface area (Å²) >= 11 is 0. The second kappa shape index (κ2) is 66.7. The number of likely N-dealkylation sites (tertiary alicyclic amines) is 3. The van der Waals surface area contributed by atoms with Crippen LogP contribution in [0.4, 0.5) is 4.79 Å². The van der Waals surface area contributed by atoms with Gasteiger partial charge in [0.1, 0.15) is 0 Å². The topological polar surface area (TPSA) is 83.7 Å². The number of hydrogen-bond donors (Lipinski definition) is 0. The Hall–Kier alpha value is 1.25. The van der Waals surface area contributed by atoms with Crippen LogP contribution >= 0.6 is 0 Å². The summed E-state index contributed by atoms with van der Waals surface area (Å²) in [5.41, 5.74) is 6.01. The molecule has 12 bridgehead atoms. The maximum absolute atomic E-state index is 12.0. The molecule has 0 N–H and O–H groups in total. The first-order chi connectivity index (χ1) is 65.1. The van der Waals surface area contributed by atoms with Crippen LogP contribution in [0.2, 0.25) is 0 Å². The molecular weight excluding hydrogens is 2470 g/mol. The van der Waals surface area contributed by atoms with Crippen molar-refractivity contribution in [2.24, 2.45) is 85.2 Å². The predicted molar refractivity (Wildman–Crippen MR) is 644 cm³/mol. The van der Waals surface area contributed by atoms with Crippen molar-refractivity contribution in [3.63, 3.8) is 0 Å². The number of nitrogens with zero attached hydrogens (tertiary/aromatic N) is 11. The summed E-state index contributed by atoms with van der Waals surface area (Å²) < 4.78 is 5.39. The quantitative estimate of drug-likeness (QED) is 0.197. The van der Waals surface area contributed by atoms with E-state index in [0.717, 1.165) is 130 Å². The van der Waals surface area contributed by atoms with E-state index in [4.69, 9.17) is 4.74 Å². The molecule has 6 aliphatic carbocycles. The minimum atomic E-state index is -0.161. The zero-order chi connectivity index (χ0) is 112. The first kappa shape index (κ1) is 152. The number of rotatable bonds is 2. The van der Waals surface area contributed by atoms with Crippen LogP contribution in [0.25, 0.3) is 10.6 Å². The van der Waals surface area contributed by atoms with E-state index in [-0.39, 0.29) is 110 Å². The van der Waals surface area contributed by atoms with E-state index >= 15 is 0 Å². The van der Waals surface area contributed by atoms with Gasteiger partial charge >= 0.3 is 99.4 Å². The van der Waals surface area contributed by atoms with Crippen molar-refractivity contribution in [3.05, 3.63) is 71.3 Å². The van der Waals surface area contributed by atoms with E-state index in [1.807, 2.05) is 18.7 Å². The SMILES string of the molecule is C1=CC2CC1C[N-]2.CC.CC(C)(C)C.CC(C)(C)C.CC(C)(C)C12C[N-]CC1C2.CC(C)(C)CC1CC2C[CH-]CC(C2)C1.CC(C)(C)COC(=O)N1CCCN(C(C)(C)C)CC1.CC(C)(C)N1CC2C3CCCC1CN2C3(C)C.CC(C)(C)N1CC2C=CC1C2.CC(C)(C)N1CC2C=CC1C2.CC(C)(C)N1CCCN(C(C)(C)C)CC1.CCC(C)(C)C.C[C-](C)C.C[C-](C)C.C[C-](C)C.C[C@@H]1CCCN1C(C)(C)C.[U+2].[U+2].[U+2]. The van der Waals surface area contributed by atoms with E-state index in [1.54, 1.807) is 0 Å². The molecule has 14 unspecified atom stereocenters. The van der Waals surface area contributed by atoms with Crippen LogP contribution in [0.1, 0.15) is 503 Å². The third-order valence-electron chi connectivity index (χ3n) is 30.6. The molecule has 147 heavy (non-hydrogen) atoms. The molecule has 18 aliphatic rings. The number of fused-ring (bicyclic) bond motifs is 10. The fourth-order valence-corrected chi connectivity index (χ4v) is 23.0. The van der Waals surface area contributed by atoms with Crippen LogP contribution in [0.3, 0.4) is 0 Å². The van der Waals surface area contributed by atoms with Crippen LogP contribution in [-0.2, 0) is 4.74 Å². The molecule has 15 fully saturated rings. The van der Waals surface area contributed by atoms with Crippen molar-refractivity contribution in [1.82, 2.24) is 44.1 Å². The van der Waals surface area contributed by atoms with Crippen molar-refractivity contribution < 1.29 is 103 Å². The van der Waals surface area contributed by atoms with E-state index in [0.29, 0.717) is 83.9 Å². The number of piperidine rings is 1. The molecule has 0 aromatic carbocycles. The van der Waals surface area contributed by atoms with Gasteiger partial charge in [-0.1, -0.05) is 233 Å². The first-order valence-electron chi connectivity index (χ1n) is 59.6. The van der Waals surface area contributed by atoms with Gasteiger partial charge in [0.15, 0.2) is 0 Å². The van der Waals surface area contributed by atoms with Crippen molar-refractivity contribution >= 4 is 6.09 Å². The van der Waals surface area contributed by atoms with Crippen molar-refractivity contribution in [1.29, 1.82) is 0 Å². The van der Waals surface area contributed by atoms with E-state index in [9.17, 15) is 4.79 Å². The number of carbonyl (C=O) groups is 1. The zero-order valence-corrected chi connectivity index (χ0v) is 122. The summed E-state index contributed by atoms with van der Waals surface area (Å²) in [5, 5.41) is 8.77. The number of hydrogen-bond acceptors (Lipinski definition) is 10. The molecule has 1 amide bonds. The summed E-state index contributed by atoms with van der Waals surface area (Å²) in [6.45, 7) is 144. The zero-order valence-electron chi connectivity index (χ0n) is 110. The van der Waals surface area contributed by atoms with E-state index in [1.165, 1.54) is 186 Å². The van der Waals surface area contributed by atoms with Gasteiger partial charge in [0, 0.05) is 140 Å². The van der Waals surface area contributed by atoms with E-state index < -0.39 is 0 Å². The number of carbonyl (C=O) groups excluding carboxylic acids is 1. The average molecular weight is 2730 g/mol. The number of piperazine rings is 1. The van der Waals surface area contributed by atoms with Gasteiger partial charge in [0.2, 0.25) is 0 Å². The third kappa shape index (κ3) is 62.9. The van der Waals surface area contributed by atoms with Crippen molar-refractivity contribution in [2.75, 3.05) is 111 Å². The van der Waals surface area contributed by atoms with Gasteiger partial charge < -0.3 is 44.4 Å². The minimum Gasteiger partial charge on any atom is -0.662 e. The molecular formula is C131H259N11O2U3. The molecule has 862 valence electrons. The van der Waals surface area contributed by atoms with Crippen LogP contribution in [0.15, 0.2) is 36.5 Å². The standard InChI is InChI=1S/C15H30N2O2.C15H28N2.C14H25.C13H28N2.2C10H17N.C9H16N.C9H19N.C6H8N.C6H14.2C5H12.3C4H9.C2H6.3U/c1-14(2,3)12-19-13(18)16-8-7-9-17(11-10-16)15(4,5)6;1-14(2,3)16-10-13-12-8-6-7-11(16)9-17(13)15(12,4)5;1-14(2,3)10-13-8-11-5-4-6-12(7-11)9-13;1-12(2,3)14-8-7-9-15(11-10-14)13(4,5)6;2*1-10(2,3)11-7-8-4-5-9(11)6-8;1-8(2,3)9-4-7(9)5-10-6-9;1-8-6-5-7-10(8)9(2,3)4;1-2-6-3-5(1)4-7-6;1-5-6(2,3)4;2*1-5(2,3)4;3*1-4(2)3;1-2;;;/h7-12H2,1-6H3;11-13H,6-10H2,1-5H3;4,11-13H,5-10H2,1-3H3;7-11H2,1-6H3;2*4-5,8-9H,6-7H2,1-3H3;7H,4-6H2,1-3H3;8H,5-7H2,1-4H3;1-2,5-6H,3-4H2;5H2,1-4H3;2*1-4H3;3*1-3H3;1-2H3;;;/q;;-1;;;;-1;;-1;;;;3*-1;;3*+2/t;;;;;;;8-;;;;;;;;;;;/m.......1.........../s1. The summed E-state index contributed by atoms with van der Waals surface area (Å²) in [6.07, 6.45) is 41.4. The maximum atomic E-state index is 12.0. The Morgan fingerprint density at radius 1 is 0.415 bits per heavy atom. The van der Waals surface area contributed by atoms with Gasteiger partial charge in [0.25, 0.3) is 0 Å². The molecule has 13 nitrogen and oxygen atoms in total. The maximum Gasteiger partial charge on any atom is 2.00 e.